The zero-order valence-corrected chi connectivity index (χ0v) is 18.1. The predicted octanol–water partition coefficient (Wildman–Crippen LogP) is 5.01. The van der Waals surface area contributed by atoms with Crippen molar-refractivity contribution in [3.05, 3.63) is 89.5 Å². The van der Waals surface area contributed by atoms with Crippen LogP contribution in [0.3, 0.4) is 0 Å². The van der Waals surface area contributed by atoms with Crippen LogP contribution in [0.25, 0.3) is 0 Å². The summed E-state index contributed by atoms with van der Waals surface area (Å²) in [7, 11) is 0. The van der Waals surface area contributed by atoms with E-state index in [4.69, 9.17) is 16.2 Å². The van der Waals surface area contributed by atoms with E-state index < -0.39 is 11.7 Å². The molecular formula is C24H24F3N3OS. The van der Waals surface area contributed by atoms with E-state index in [9.17, 15) is 13.2 Å². The van der Waals surface area contributed by atoms with Crippen molar-refractivity contribution in [2.24, 2.45) is 11.5 Å². The largest absolute Gasteiger partial charge is 0.489 e. The van der Waals surface area contributed by atoms with E-state index in [1.165, 1.54) is 23.9 Å². The second kappa shape index (κ2) is 9.44. The Kier molecular flexibility index (Phi) is 6.64. The van der Waals surface area contributed by atoms with Gasteiger partial charge in [0.25, 0.3) is 0 Å². The van der Waals surface area contributed by atoms with E-state index >= 15 is 0 Å². The van der Waals surface area contributed by atoms with Crippen LogP contribution in [0.1, 0.15) is 16.7 Å². The standard InChI is InChI=1S/C24H24F3N3OS/c25-24(26,27)18-8-11-22-21(12-18)30(23(32-22)20(29)13-28)14-16-6-9-19(10-7-16)31-15-17-4-2-1-3-5-17/h1-12,20,23H,13-15,28-29H2. The molecule has 4 N–H and O–H groups in total. The zero-order chi connectivity index (χ0) is 22.7. The van der Waals surface area contributed by atoms with Crippen molar-refractivity contribution >= 4 is 17.4 Å². The summed E-state index contributed by atoms with van der Waals surface area (Å²) in [6.07, 6.45) is -4.41. The number of fused-ring (bicyclic) bond motifs is 1. The first-order chi connectivity index (χ1) is 15.3. The maximum atomic E-state index is 13.3. The molecule has 0 saturated carbocycles. The van der Waals surface area contributed by atoms with Gasteiger partial charge in [-0.25, -0.2) is 0 Å². The highest BCUT2D eigenvalue weighted by Gasteiger charge is 2.37. The molecule has 1 heterocycles. The maximum Gasteiger partial charge on any atom is 0.416 e. The van der Waals surface area contributed by atoms with Gasteiger partial charge in [-0.1, -0.05) is 54.2 Å². The van der Waals surface area contributed by atoms with Crippen LogP contribution in [0, 0.1) is 0 Å². The zero-order valence-electron chi connectivity index (χ0n) is 17.3. The molecule has 0 aromatic heterocycles. The first-order valence-electron chi connectivity index (χ1n) is 10.2. The van der Waals surface area contributed by atoms with Gasteiger partial charge in [0.2, 0.25) is 0 Å². The Bertz CT molecular complexity index is 1040. The first kappa shape index (κ1) is 22.5. The highest BCUT2D eigenvalue weighted by atomic mass is 32.2. The Morgan fingerprint density at radius 1 is 0.969 bits per heavy atom. The van der Waals surface area contributed by atoms with Crippen LogP contribution in [-0.4, -0.2) is 18.0 Å². The second-order valence-corrected chi connectivity index (χ2v) is 8.79. The van der Waals surface area contributed by atoms with Crippen molar-refractivity contribution in [2.75, 3.05) is 11.4 Å². The molecule has 168 valence electrons. The van der Waals surface area contributed by atoms with Gasteiger partial charge < -0.3 is 21.1 Å². The van der Waals surface area contributed by atoms with E-state index in [1.54, 1.807) is 0 Å². The Morgan fingerprint density at radius 3 is 2.34 bits per heavy atom. The van der Waals surface area contributed by atoms with Gasteiger partial charge in [-0.3, -0.25) is 0 Å². The maximum absolute atomic E-state index is 13.3. The summed E-state index contributed by atoms with van der Waals surface area (Å²) in [5.74, 6) is 0.725. The Morgan fingerprint density at radius 2 is 1.69 bits per heavy atom. The molecule has 32 heavy (non-hydrogen) atoms. The lowest BCUT2D eigenvalue weighted by atomic mass is 10.1. The molecule has 8 heteroatoms. The molecule has 4 nitrogen and oxygen atoms in total. The van der Waals surface area contributed by atoms with Gasteiger partial charge in [-0.2, -0.15) is 13.2 Å². The molecule has 3 aromatic rings. The fourth-order valence-corrected chi connectivity index (χ4v) is 4.89. The average Bonchev–Trinajstić information content (AvgIpc) is 3.16. The van der Waals surface area contributed by atoms with E-state index in [2.05, 4.69) is 0 Å². The summed E-state index contributed by atoms with van der Waals surface area (Å²) in [4.78, 5) is 2.68. The second-order valence-electron chi connectivity index (χ2n) is 7.63. The highest BCUT2D eigenvalue weighted by Crippen LogP contribution is 2.47. The smallest absolute Gasteiger partial charge is 0.416 e. The molecule has 1 aliphatic heterocycles. The summed E-state index contributed by atoms with van der Waals surface area (Å²) in [6, 6.07) is 20.9. The van der Waals surface area contributed by atoms with Crippen LogP contribution in [0.4, 0.5) is 18.9 Å². The number of alkyl halides is 3. The van der Waals surface area contributed by atoms with Crippen LogP contribution in [-0.2, 0) is 19.3 Å². The molecule has 0 bridgehead atoms. The predicted molar refractivity (Wildman–Crippen MR) is 122 cm³/mol. The molecule has 0 aliphatic carbocycles. The highest BCUT2D eigenvalue weighted by molar-refractivity contribution is 8.00. The summed E-state index contributed by atoms with van der Waals surface area (Å²) >= 11 is 1.45. The fraction of sp³-hybridized carbons (Fsp3) is 0.250. The molecule has 1 aliphatic rings. The SMILES string of the molecule is NCC(N)C1Sc2ccc(C(F)(F)F)cc2N1Cc1ccc(OCc2ccccc2)cc1. The number of hydrogen-bond acceptors (Lipinski definition) is 5. The topological polar surface area (TPSA) is 64.5 Å². The molecule has 0 saturated heterocycles. The van der Waals surface area contributed by atoms with E-state index in [1.807, 2.05) is 59.5 Å². The van der Waals surface area contributed by atoms with Crippen molar-refractivity contribution in [1.82, 2.24) is 0 Å². The molecular weight excluding hydrogens is 435 g/mol. The number of rotatable bonds is 7. The van der Waals surface area contributed by atoms with Crippen molar-refractivity contribution in [2.45, 2.75) is 35.6 Å². The van der Waals surface area contributed by atoms with Gasteiger partial charge in [0.1, 0.15) is 12.4 Å². The van der Waals surface area contributed by atoms with Gasteiger partial charge in [0.05, 0.1) is 16.6 Å². The number of nitrogens with two attached hydrogens (primary N) is 2. The van der Waals surface area contributed by atoms with Gasteiger partial charge >= 0.3 is 6.18 Å². The fourth-order valence-electron chi connectivity index (χ4n) is 3.59. The number of nitrogens with zero attached hydrogens (tertiary/aromatic N) is 1. The minimum Gasteiger partial charge on any atom is -0.489 e. The van der Waals surface area contributed by atoms with Crippen molar-refractivity contribution in [3.63, 3.8) is 0 Å². The van der Waals surface area contributed by atoms with Gasteiger partial charge in [0, 0.05) is 24.0 Å². The molecule has 2 unspecified atom stereocenters. The summed E-state index contributed by atoms with van der Waals surface area (Å²) in [5, 5.41) is -0.243. The monoisotopic (exact) mass is 459 g/mol. The number of halogens is 3. The van der Waals surface area contributed by atoms with Crippen LogP contribution in [0.15, 0.2) is 77.7 Å². The Labute approximate surface area is 189 Å². The lowest BCUT2D eigenvalue weighted by Crippen LogP contribution is -2.47. The Balaban J connectivity index is 1.52. The lowest BCUT2D eigenvalue weighted by molar-refractivity contribution is -0.137. The average molecular weight is 460 g/mol. The lowest BCUT2D eigenvalue weighted by Gasteiger charge is -2.30. The summed E-state index contributed by atoms with van der Waals surface area (Å²) < 4.78 is 45.7. The molecule has 0 amide bonds. The minimum atomic E-state index is -4.41. The Hall–Kier alpha value is -2.68. The third kappa shape index (κ3) is 5.03. The van der Waals surface area contributed by atoms with Crippen LogP contribution in [0.5, 0.6) is 5.75 Å². The molecule has 3 aromatic carbocycles. The van der Waals surface area contributed by atoms with E-state index in [0.29, 0.717) is 18.8 Å². The van der Waals surface area contributed by atoms with Crippen molar-refractivity contribution in [3.8, 4) is 5.75 Å². The number of benzene rings is 3. The summed E-state index contributed by atoms with van der Waals surface area (Å²) in [6.45, 7) is 1.11. The molecule has 0 fully saturated rings. The summed E-state index contributed by atoms with van der Waals surface area (Å²) in [5.41, 5.74) is 13.9. The van der Waals surface area contributed by atoms with E-state index in [-0.39, 0.29) is 18.0 Å². The molecule has 0 spiro atoms. The normalized spacial score (nSPS) is 16.7. The first-order valence-corrected chi connectivity index (χ1v) is 11.1. The quantitative estimate of drug-likeness (QED) is 0.520. The number of hydrogen-bond donors (Lipinski definition) is 2. The molecule has 2 atom stereocenters. The van der Waals surface area contributed by atoms with Crippen molar-refractivity contribution in [1.29, 1.82) is 0 Å². The third-order valence-corrected chi connectivity index (χ3v) is 6.76. The number of anilines is 1. The number of thioether (sulfide) groups is 1. The van der Waals surface area contributed by atoms with Gasteiger partial charge in [-0.15, -0.1) is 0 Å². The third-order valence-electron chi connectivity index (χ3n) is 5.31. The van der Waals surface area contributed by atoms with Crippen LogP contribution < -0.4 is 21.1 Å². The molecule has 0 radical (unpaired) electrons. The minimum absolute atomic E-state index is 0.237. The van der Waals surface area contributed by atoms with E-state index in [0.717, 1.165) is 27.8 Å². The van der Waals surface area contributed by atoms with Crippen molar-refractivity contribution < 1.29 is 17.9 Å². The van der Waals surface area contributed by atoms with Crippen LogP contribution in [0.2, 0.25) is 0 Å². The molecule has 4 rings (SSSR count). The van der Waals surface area contributed by atoms with Gasteiger partial charge in [-0.05, 0) is 41.5 Å². The number of ether oxygens (including phenoxy) is 1. The van der Waals surface area contributed by atoms with Gasteiger partial charge in [0.15, 0.2) is 0 Å². The van der Waals surface area contributed by atoms with Crippen LogP contribution >= 0.6 is 11.8 Å².